The summed E-state index contributed by atoms with van der Waals surface area (Å²) >= 11 is 0. The molecule has 0 aliphatic carbocycles. The Morgan fingerprint density at radius 2 is 1.82 bits per heavy atom. The second-order valence-corrected chi connectivity index (χ2v) is 7.28. The van der Waals surface area contributed by atoms with Crippen LogP contribution >= 0.6 is 0 Å². The number of nitrogens with zero attached hydrogens (tertiary/aromatic N) is 1. The van der Waals surface area contributed by atoms with E-state index in [-0.39, 0.29) is 36.0 Å². The average Bonchev–Trinajstić information content (AvgIpc) is 2.47. The Kier molecular flexibility index (Phi) is 5.55. The fourth-order valence-electron chi connectivity index (χ4n) is 2.51. The van der Waals surface area contributed by atoms with Crippen LogP contribution in [0.25, 0.3) is 0 Å². The number of nitrogens with one attached hydrogen (secondary N) is 1. The SMILES string of the molecule is CC1CN(C(=O)CCNS(=O)(=O)c2ccccc2)CC(C)O1. The first-order chi connectivity index (χ1) is 10.4. The maximum Gasteiger partial charge on any atom is 0.240 e. The first-order valence-corrected chi connectivity index (χ1v) is 8.85. The molecule has 1 heterocycles. The molecule has 0 radical (unpaired) electrons. The molecular formula is C15H22N2O4S. The van der Waals surface area contributed by atoms with E-state index in [0.717, 1.165) is 0 Å². The van der Waals surface area contributed by atoms with Crippen LogP contribution in [-0.4, -0.2) is 51.1 Å². The fourth-order valence-corrected chi connectivity index (χ4v) is 3.57. The van der Waals surface area contributed by atoms with Crippen molar-refractivity contribution in [2.24, 2.45) is 0 Å². The standard InChI is InChI=1S/C15H22N2O4S/c1-12-10-17(11-13(2)21-12)15(18)8-9-16-22(19,20)14-6-4-3-5-7-14/h3-7,12-13,16H,8-11H2,1-2H3. The smallest absolute Gasteiger partial charge is 0.240 e. The van der Waals surface area contributed by atoms with Crippen LogP contribution in [0.15, 0.2) is 35.2 Å². The van der Waals surface area contributed by atoms with E-state index in [4.69, 9.17) is 4.74 Å². The van der Waals surface area contributed by atoms with Gasteiger partial charge in [0.25, 0.3) is 0 Å². The van der Waals surface area contributed by atoms with E-state index >= 15 is 0 Å². The van der Waals surface area contributed by atoms with Crippen molar-refractivity contribution in [1.82, 2.24) is 9.62 Å². The molecule has 1 aromatic carbocycles. The highest BCUT2D eigenvalue weighted by atomic mass is 32.2. The number of hydrogen-bond acceptors (Lipinski definition) is 4. The van der Waals surface area contributed by atoms with Crippen molar-refractivity contribution in [2.45, 2.75) is 37.4 Å². The van der Waals surface area contributed by atoms with Crippen LogP contribution < -0.4 is 4.72 Å². The molecule has 2 atom stereocenters. The molecule has 1 amide bonds. The van der Waals surface area contributed by atoms with Crippen molar-refractivity contribution in [3.8, 4) is 0 Å². The van der Waals surface area contributed by atoms with Crippen LogP contribution in [0, 0.1) is 0 Å². The Labute approximate surface area is 131 Å². The maximum atomic E-state index is 12.1. The Hall–Kier alpha value is -1.44. The van der Waals surface area contributed by atoms with E-state index in [2.05, 4.69) is 4.72 Å². The van der Waals surface area contributed by atoms with Crippen LogP contribution in [0.3, 0.4) is 0 Å². The van der Waals surface area contributed by atoms with E-state index in [1.165, 1.54) is 12.1 Å². The van der Waals surface area contributed by atoms with Gasteiger partial charge in [0.05, 0.1) is 17.1 Å². The van der Waals surface area contributed by atoms with Gasteiger partial charge in [0.15, 0.2) is 0 Å². The van der Waals surface area contributed by atoms with E-state index in [0.29, 0.717) is 13.1 Å². The van der Waals surface area contributed by atoms with Gasteiger partial charge in [-0.25, -0.2) is 13.1 Å². The summed E-state index contributed by atoms with van der Waals surface area (Å²) in [7, 11) is -3.55. The van der Waals surface area contributed by atoms with Crippen molar-refractivity contribution in [3.63, 3.8) is 0 Å². The first kappa shape index (κ1) is 16.9. The van der Waals surface area contributed by atoms with E-state index < -0.39 is 10.0 Å². The molecule has 22 heavy (non-hydrogen) atoms. The summed E-state index contributed by atoms with van der Waals surface area (Å²) in [6, 6.07) is 8.13. The number of benzene rings is 1. The normalized spacial score (nSPS) is 22.5. The van der Waals surface area contributed by atoms with Gasteiger partial charge in [-0.1, -0.05) is 18.2 Å². The molecule has 0 saturated carbocycles. The lowest BCUT2D eigenvalue weighted by atomic mass is 10.2. The molecule has 1 aliphatic heterocycles. The predicted molar refractivity (Wildman–Crippen MR) is 82.8 cm³/mol. The molecule has 2 rings (SSSR count). The minimum atomic E-state index is -3.55. The topological polar surface area (TPSA) is 75.7 Å². The quantitative estimate of drug-likeness (QED) is 0.875. The summed E-state index contributed by atoms with van der Waals surface area (Å²) in [5, 5.41) is 0. The first-order valence-electron chi connectivity index (χ1n) is 7.36. The van der Waals surface area contributed by atoms with E-state index in [1.807, 2.05) is 13.8 Å². The second kappa shape index (κ2) is 7.21. The predicted octanol–water partition coefficient (Wildman–Crippen LogP) is 0.991. The summed E-state index contributed by atoms with van der Waals surface area (Å²) in [5.41, 5.74) is 0. The molecule has 122 valence electrons. The molecular weight excluding hydrogens is 304 g/mol. The summed E-state index contributed by atoms with van der Waals surface area (Å²) < 4.78 is 32.1. The molecule has 0 bridgehead atoms. The van der Waals surface area contributed by atoms with E-state index in [1.54, 1.807) is 23.1 Å². The van der Waals surface area contributed by atoms with Gasteiger partial charge in [0.2, 0.25) is 15.9 Å². The molecule has 1 N–H and O–H groups in total. The zero-order valence-electron chi connectivity index (χ0n) is 12.9. The molecule has 1 aromatic rings. The summed E-state index contributed by atoms with van der Waals surface area (Å²) in [6.45, 7) is 5.04. The van der Waals surface area contributed by atoms with Gasteiger partial charge in [-0.05, 0) is 26.0 Å². The lowest BCUT2D eigenvalue weighted by Crippen LogP contribution is -2.48. The van der Waals surface area contributed by atoms with Crippen LogP contribution in [0.5, 0.6) is 0 Å². The minimum absolute atomic E-state index is 0.00807. The van der Waals surface area contributed by atoms with Gasteiger partial charge in [-0.2, -0.15) is 0 Å². The largest absolute Gasteiger partial charge is 0.372 e. The number of carbonyl (C=O) groups is 1. The summed E-state index contributed by atoms with van der Waals surface area (Å²) in [6.07, 6.45) is 0.160. The number of sulfonamides is 1. The van der Waals surface area contributed by atoms with Gasteiger partial charge in [-0.15, -0.1) is 0 Å². The third-order valence-electron chi connectivity index (χ3n) is 3.46. The van der Waals surface area contributed by atoms with Crippen LogP contribution in [0.1, 0.15) is 20.3 Å². The van der Waals surface area contributed by atoms with E-state index in [9.17, 15) is 13.2 Å². The average molecular weight is 326 g/mol. The Morgan fingerprint density at radius 1 is 1.23 bits per heavy atom. The Bertz CT molecular complexity index is 593. The second-order valence-electron chi connectivity index (χ2n) is 5.52. The van der Waals surface area contributed by atoms with Crippen LogP contribution in [-0.2, 0) is 19.6 Å². The molecule has 1 aliphatic rings. The van der Waals surface area contributed by atoms with Crippen LogP contribution in [0.2, 0.25) is 0 Å². The Morgan fingerprint density at radius 3 is 2.41 bits per heavy atom. The zero-order chi connectivity index (χ0) is 16.2. The molecule has 0 spiro atoms. The Balaban J connectivity index is 1.84. The number of morpholine rings is 1. The van der Waals surface area contributed by atoms with Crippen molar-refractivity contribution in [3.05, 3.63) is 30.3 Å². The van der Waals surface area contributed by atoms with Crippen molar-refractivity contribution >= 4 is 15.9 Å². The molecule has 0 aromatic heterocycles. The zero-order valence-corrected chi connectivity index (χ0v) is 13.7. The van der Waals surface area contributed by atoms with Crippen LogP contribution in [0.4, 0.5) is 0 Å². The van der Waals surface area contributed by atoms with Crippen molar-refractivity contribution < 1.29 is 17.9 Å². The highest BCUT2D eigenvalue weighted by molar-refractivity contribution is 7.89. The van der Waals surface area contributed by atoms with Gasteiger partial charge in [-0.3, -0.25) is 4.79 Å². The number of hydrogen-bond donors (Lipinski definition) is 1. The summed E-state index contributed by atoms with van der Waals surface area (Å²) in [5.74, 6) is -0.0576. The lowest BCUT2D eigenvalue weighted by Gasteiger charge is -2.35. The third-order valence-corrected chi connectivity index (χ3v) is 4.93. The molecule has 1 saturated heterocycles. The number of ether oxygens (including phenoxy) is 1. The van der Waals surface area contributed by atoms with Gasteiger partial charge in [0, 0.05) is 26.1 Å². The third kappa shape index (κ3) is 4.53. The molecule has 2 unspecified atom stereocenters. The number of carbonyl (C=O) groups excluding carboxylic acids is 1. The van der Waals surface area contributed by atoms with Crippen molar-refractivity contribution in [2.75, 3.05) is 19.6 Å². The fraction of sp³-hybridized carbons (Fsp3) is 0.533. The van der Waals surface area contributed by atoms with Gasteiger partial charge >= 0.3 is 0 Å². The number of rotatable bonds is 5. The van der Waals surface area contributed by atoms with Crippen molar-refractivity contribution in [1.29, 1.82) is 0 Å². The number of amides is 1. The summed E-state index contributed by atoms with van der Waals surface area (Å²) in [4.78, 5) is 14.1. The highest BCUT2D eigenvalue weighted by Gasteiger charge is 2.25. The minimum Gasteiger partial charge on any atom is -0.372 e. The maximum absolute atomic E-state index is 12.1. The van der Waals surface area contributed by atoms with Gasteiger partial charge < -0.3 is 9.64 Å². The molecule has 1 fully saturated rings. The lowest BCUT2D eigenvalue weighted by molar-refractivity contribution is -0.143. The molecule has 6 nitrogen and oxygen atoms in total. The highest BCUT2D eigenvalue weighted by Crippen LogP contribution is 2.12. The monoisotopic (exact) mass is 326 g/mol. The van der Waals surface area contributed by atoms with Gasteiger partial charge in [0.1, 0.15) is 0 Å². The molecule has 7 heteroatoms.